The fourth-order valence-electron chi connectivity index (χ4n) is 5.81. The van der Waals surface area contributed by atoms with Crippen LogP contribution in [0.15, 0.2) is 48.5 Å². The number of nitrogens with zero attached hydrogens (tertiary/aromatic N) is 1. The molecule has 0 aliphatic carbocycles. The summed E-state index contributed by atoms with van der Waals surface area (Å²) in [6.07, 6.45) is 6.12. The summed E-state index contributed by atoms with van der Waals surface area (Å²) in [4.78, 5) is 25.3. The van der Waals surface area contributed by atoms with Crippen molar-refractivity contribution in [2.75, 3.05) is 26.8 Å². The molecule has 2 aliphatic rings. The van der Waals surface area contributed by atoms with Crippen LogP contribution in [0.25, 0.3) is 0 Å². The molecule has 3 N–H and O–H groups in total. The van der Waals surface area contributed by atoms with E-state index in [4.69, 9.17) is 19.3 Å². The Bertz CT molecular complexity index is 1110. The van der Waals surface area contributed by atoms with Crippen LogP contribution in [0.3, 0.4) is 0 Å². The number of aliphatic carboxylic acids is 1. The van der Waals surface area contributed by atoms with Crippen molar-refractivity contribution in [3.8, 4) is 0 Å². The van der Waals surface area contributed by atoms with Crippen molar-refractivity contribution >= 4 is 11.9 Å². The standard InChI is InChI=1S/C33H46N2O7/c1-40-23-28-7-6-18-35(28)21-29-19-30(26-14-12-25(22-36)13-15-26)42-33(41-29)27-16-10-24(11-17-27)20-34-31(37)8-4-2-3-5-9-32(38)39/h10-17,28-30,33,36H,2-9,18-23H2,1H3,(H,34,37)(H,38,39)/t28-,29-,30+,33+/m0/s1. The van der Waals surface area contributed by atoms with Crippen LogP contribution >= 0.6 is 0 Å². The lowest BCUT2D eigenvalue weighted by Gasteiger charge is -2.38. The van der Waals surface area contributed by atoms with Gasteiger partial charge in [0.05, 0.1) is 25.4 Å². The van der Waals surface area contributed by atoms with Crippen molar-refractivity contribution in [1.82, 2.24) is 10.2 Å². The molecular formula is C33H46N2O7. The Morgan fingerprint density at radius 2 is 1.64 bits per heavy atom. The molecule has 2 fully saturated rings. The summed E-state index contributed by atoms with van der Waals surface area (Å²) in [5, 5.41) is 21.1. The van der Waals surface area contributed by atoms with Crippen molar-refractivity contribution in [3.05, 3.63) is 70.8 Å². The molecule has 2 heterocycles. The molecule has 9 nitrogen and oxygen atoms in total. The van der Waals surface area contributed by atoms with Crippen molar-refractivity contribution in [2.24, 2.45) is 0 Å². The van der Waals surface area contributed by atoms with Gasteiger partial charge in [0.25, 0.3) is 0 Å². The second-order valence-corrected chi connectivity index (χ2v) is 11.4. The zero-order chi connectivity index (χ0) is 29.7. The van der Waals surface area contributed by atoms with E-state index in [0.29, 0.717) is 25.4 Å². The van der Waals surface area contributed by atoms with E-state index in [0.717, 1.165) is 80.5 Å². The van der Waals surface area contributed by atoms with E-state index in [2.05, 4.69) is 10.2 Å². The zero-order valence-corrected chi connectivity index (χ0v) is 24.7. The average molecular weight is 583 g/mol. The monoisotopic (exact) mass is 582 g/mol. The van der Waals surface area contributed by atoms with E-state index >= 15 is 0 Å². The Kier molecular flexibility index (Phi) is 12.8. The molecule has 0 saturated carbocycles. The first-order valence-corrected chi connectivity index (χ1v) is 15.3. The number of carboxylic acid groups (broad SMARTS) is 1. The smallest absolute Gasteiger partial charge is 0.303 e. The lowest BCUT2D eigenvalue weighted by Crippen LogP contribution is -2.42. The Hall–Kier alpha value is -2.82. The van der Waals surface area contributed by atoms with Crippen LogP contribution in [0.5, 0.6) is 0 Å². The Morgan fingerprint density at radius 3 is 2.33 bits per heavy atom. The molecule has 2 aliphatic heterocycles. The minimum Gasteiger partial charge on any atom is -0.481 e. The van der Waals surface area contributed by atoms with Gasteiger partial charge < -0.3 is 29.7 Å². The van der Waals surface area contributed by atoms with Gasteiger partial charge in [-0.15, -0.1) is 0 Å². The summed E-state index contributed by atoms with van der Waals surface area (Å²) in [5.74, 6) is -0.769. The number of rotatable bonds is 16. The number of nitrogens with one attached hydrogen (secondary N) is 1. The van der Waals surface area contributed by atoms with Crippen LogP contribution in [-0.4, -0.2) is 65.9 Å². The van der Waals surface area contributed by atoms with Crippen LogP contribution < -0.4 is 5.32 Å². The molecular weight excluding hydrogens is 536 g/mol. The van der Waals surface area contributed by atoms with Gasteiger partial charge in [-0.25, -0.2) is 0 Å². The highest BCUT2D eigenvalue weighted by Gasteiger charge is 2.35. The van der Waals surface area contributed by atoms with Gasteiger partial charge in [0.1, 0.15) is 0 Å². The van der Waals surface area contributed by atoms with Crippen LogP contribution in [0.1, 0.15) is 92.4 Å². The average Bonchev–Trinajstić information content (AvgIpc) is 3.44. The molecule has 0 unspecified atom stereocenters. The number of benzene rings is 2. The highest BCUT2D eigenvalue weighted by Crippen LogP contribution is 2.38. The van der Waals surface area contributed by atoms with E-state index in [-0.39, 0.29) is 31.1 Å². The van der Waals surface area contributed by atoms with Crippen LogP contribution in [0.4, 0.5) is 0 Å². The molecule has 42 heavy (non-hydrogen) atoms. The van der Waals surface area contributed by atoms with E-state index in [1.54, 1.807) is 7.11 Å². The molecule has 2 aromatic rings. The van der Waals surface area contributed by atoms with E-state index in [1.807, 2.05) is 48.5 Å². The largest absolute Gasteiger partial charge is 0.481 e. The third kappa shape index (κ3) is 9.88. The van der Waals surface area contributed by atoms with Gasteiger partial charge in [0.15, 0.2) is 6.29 Å². The number of carboxylic acids is 1. The van der Waals surface area contributed by atoms with E-state index in [1.165, 1.54) is 0 Å². The quantitative estimate of drug-likeness (QED) is 0.240. The van der Waals surface area contributed by atoms with Crippen LogP contribution in [0, 0.1) is 0 Å². The molecule has 0 aromatic heterocycles. The topological polar surface area (TPSA) is 118 Å². The number of carbonyl (C=O) groups is 2. The third-order valence-electron chi connectivity index (χ3n) is 8.20. The second-order valence-electron chi connectivity index (χ2n) is 11.4. The predicted octanol–water partition coefficient (Wildman–Crippen LogP) is 4.88. The van der Waals surface area contributed by atoms with Crippen molar-refractivity contribution in [2.45, 2.75) is 95.5 Å². The minimum absolute atomic E-state index is 0.00264. The SMILES string of the molecule is COC[C@@H]1CCCN1C[C@@H]1C[C@H](c2ccc(CO)cc2)O[C@H](c2ccc(CNC(=O)CCCCCCC(=O)O)cc2)O1. The summed E-state index contributed by atoms with van der Waals surface area (Å²) in [6.45, 7) is 3.05. The molecule has 0 spiro atoms. The molecule has 2 saturated heterocycles. The third-order valence-corrected chi connectivity index (χ3v) is 8.20. The normalized spacial score (nSPS) is 22.7. The van der Waals surface area contributed by atoms with Gasteiger partial charge in [0, 0.05) is 51.1 Å². The predicted molar refractivity (Wildman–Crippen MR) is 159 cm³/mol. The van der Waals surface area contributed by atoms with Gasteiger partial charge in [-0.1, -0.05) is 61.4 Å². The summed E-state index contributed by atoms with van der Waals surface area (Å²) in [5.41, 5.74) is 3.87. The fraction of sp³-hybridized carbons (Fsp3) is 0.576. The summed E-state index contributed by atoms with van der Waals surface area (Å²) >= 11 is 0. The lowest BCUT2D eigenvalue weighted by molar-refractivity contribution is -0.253. The lowest BCUT2D eigenvalue weighted by atomic mass is 9.99. The van der Waals surface area contributed by atoms with E-state index in [9.17, 15) is 14.7 Å². The maximum absolute atomic E-state index is 12.3. The van der Waals surface area contributed by atoms with Crippen molar-refractivity contribution < 1.29 is 34.0 Å². The number of hydrogen-bond acceptors (Lipinski definition) is 7. The van der Waals surface area contributed by atoms with Crippen LogP contribution in [0.2, 0.25) is 0 Å². The molecule has 0 bridgehead atoms. The van der Waals surface area contributed by atoms with Gasteiger partial charge in [-0.05, 0) is 48.9 Å². The van der Waals surface area contributed by atoms with Gasteiger partial charge in [-0.2, -0.15) is 0 Å². The Balaban J connectivity index is 1.33. The number of amides is 1. The van der Waals surface area contributed by atoms with Crippen molar-refractivity contribution in [1.29, 1.82) is 0 Å². The number of hydrogen-bond donors (Lipinski definition) is 3. The Labute approximate surface area is 249 Å². The van der Waals surface area contributed by atoms with Crippen LogP contribution in [-0.2, 0) is 37.0 Å². The number of ether oxygens (including phenoxy) is 3. The fourth-order valence-corrected chi connectivity index (χ4v) is 5.81. The molecule has 2 aromatic carbocycles. The summed E-state index contributed by atoms with van der Waals surface area (Å²) in [7, 11) is 1.76. The highest BCUT2D eigenvalue weighted by molar-refractivity contribution is 5.75. The number of methoxy groups -OCH3 is 1. The maximum atomic E-state index is 12.3. The second kappa shape index (κ2) is 16.7. The van der Waals surface area contributed by atoms with Crippen molar-refractivity contribution in [3.63, 3.8) is 0 Å². The molecule has 4 rings (SSSR count). The first-order chi connectivity index (χ1) is 20.4. The van der Waals surface area contributed by atoms with Gasteiger partial charge in [0.2, 0.25) is 5.91 Å². The number of carbonyl (C=O) groups excluding carboxylic acids is 1. The van der Waals surface area contributed by atoms with Gasteiger partial charge >= 0.3 is 5.97 Å². The molecule has 0 radical (unpaired) electrons. The zero-order valence-electron chi connectivity index (χ0n) is 24.7. The number of aliphatic hydroxyl groups is 1. The summed E-state index contributed by atoms with van der Waals surface area (Å²) in [6, 6.07) is 16.4. The number of unbranched alkanes of at least 4 members (excludes halogenated alkanes) is 3. The Morgan fingerprint density at radius 1 is 0.952 bits per heavy atom. The molecule has 9 heteroatoms. The minimum atomic E-state index is -0.772. The highest BCUT2D eigenvalue weighted by atomic mass is 16.7. The van der Waals surface area contributed by atoms with E-state index < -0.39 is 12.3 Å². The summed E-state index contributed by atoms with van der Waals surface area (Å²) < 4.78 is 18.5. The first-order valence-electron chi connectivity index (χ1n) is 15.3. The molecule has 4 atom stereocenters. The maximum Gasteiger partial charge on any atom is 0.303 e. The van der Waals surface area contributed by atoms with Gasteiger partial charge in [-0.3, -0.25) is 14.5 Å². The number of aliphatic hydroxyl groups excluding tert-OH is 1. The first kappa shape index (κ1) is 32.1. The number of likely N-dealkylation sites (tertiary alicyclic amines) is 1. The molecule has 230 valence electrons. The molecule has 1 amide bonds.